The lowest BCUT2D eigenvalue weighted by molar-refractivity contribution is 0.420. The maximum Gasteiger partial charge on any atom is 0.241 e. The minimum Gasteiger partial charge on any atom is -0.0834 e. The Morgan fingerprint density at radius 1 is 0.679 bits per heavy atom. The molecular weight excluding hydrogens is 671 g/mol. The summed E-state index contributed by atoms with van der Waals surface area (Å²) in [6.07, 6.45) is 19.8. The van der Waals surface area contributed by atoms with Crippen molar-refractivity contribution in [1.29, 1.82) is 0 Å². The average molecular weight is 729 g/mol. The van der Waals surface area contributed by atoms with Crippen molar-refractivity contribution < 1.29 is 0 Å². The average Bonchev–Trinajstić information content (AvgIpc) is 3.21. The zero-order chi connectivity index (χ0) is 39.1. The van der Waals surface area contributed by atoms with Gasteiger partial charge in [-0.1, -0.05) is 225 Å². The molecule has 0 bridgehead atoms. The molecule has 1 heteroatoms. The molecule has 0 heterocycles. The van der Waals surface area contributed by atoms with Gasteiger partial charge in [0.05, 0.1) is 0 Å². The van der Waals surface area contributed by atoms with Gasteiger partial charge in [0.1, 0.15) is 0 Å². The van der Waals surface area contributed by atoms with Gasteiger partial charge in [-0.15, -0.1) is 0 Å². The van der Waals surface area contributed by atoms with Gasteiger partial charge in [0.2, 0.25) is 6.71 Å². The number of hydrogen-bond donors (Lipinski definition) is 0. The van der Waals surface area contributed by atoms with Crippen molar-refractivity contribution in [3.05, 3.63) is 192 Å². The van der Waals surface area contributed by atoms with Gasteiger partial charge < -0.3 is 0 Å². The van der Waals surface area contributed by atoms with E-state index in [4.69, 9.17) is 0 Å². The predicted octanol–water partition coefficient (Wildman–Crippen LogP) is 13.6. The Morgan fingerprint density at radius 3 is 2.00 bits per heavy atom. The van der Waals surface area contributed by atoms with Crippen molar-refractivity contribution in [1.82, 2.24) is 0 Å². The third-order valence-electron chi connectivity index (χ3n) is 12.3. The molecule has 6 aromatic rings. The van der Waals surface area contributed by atoms with Crippen LogP contribution in [0.3, 0.4) is 0 Å². The van der Waals surface area contributed by atoms with Crippen LogP contribution in [0.25, 0.3) is 38.6 Å². The molecule has 1 saturated carbocycles. The second-order valence-electron chi connectivity index (χ2n) is 16.3. The molecule has 0 nitrogen and oxygen atoms in total. The Morgan fingerprint density at radius 2 is 1.30 bits per heavy atom. The number of hydrogen-bond acceptors (Lipinski definition) is 0. The van der Waals surface area contributed by atoms with E-state index in [1.165, 1.54) is 103 Å². The van der Waals surface area contributed by atoms with Gasteiger partial charge in [-0.05, 0) is 101 Å². The lowest BCUT2D eigenvalue weighted by atomic mass is 9.36. The minimum atomic E-state index is 0.0824. The summed E-state index contributed by atoms with van der Waals surface area (Å²) in [5.41, 5.74) is 16.1. The molecule has 2 aliphatic rings. The van der Waals surface area contributed by atoms with E-state index >= 15 is 0 Å². The lowest BCUT2D eigenvalue weighted by Gasteiger charge is -2.28. The third kappa shape index (κ3) is 8.24. The van der Waals surface area contributed by atoms with Gasteiger partial charge in [0.15, 0.2) is 0 Å². The van der Waals surface area contributed by atoms with E-state index in [0.29, 0.717) is 5.92 Å². The van der Waals surface area contributed by atoms with Crippen LogP contribution in [0.2, 0.25) is 0 Å². The van der Waals surface area contributed by atoms with Crippen LogP contribution in [-0.4, -0.2) is 6.71 Å². The molecule has 0 spiro atoms. The van der Waals surface area contributed by atoms with Gasteiger partial charge in [-0.25, -0.2) is 0 Å². The van der Waals surface area contributed by atoms with E-state index in [-0.39, 0.29) is 12.1 Å². The van der Waals surface area contributed by atoms with Crippen molar-refractivity contribution in [2.75, 3.05) is 0 Å². The van der Waals surface area contributed by atoms with E-state index in [0.717, 1.165) is 6.42 Å². The summed E-state index contributed by atoms with van der Waals surface area (Å²) in [7, 11) is 0. The molecule has 1 atom stereocenters. The maximum absolute atomic E-state index is 2.36. The second kappa shape index (κ2) is 17.6. The van der Waals surface area contributed by atoms with Gasteiger partial charge in [0, 0.05) is 5.41 Å². The van der Waals surface area contributed by atoms with Gasteiger partial charge in [-0.2, -0.15) is 0 Å². The highest BCUT2D eigenvalue weighted by Gasteiger charge is 2.26. The highest BCUT2D eigenvalue weighted by atomic mass is 14.3. The molecule has 0 aliphatic heterocycles. The van der Waals surface area contributed by atoms with Crippen LogP contribution in [0.1, 0.15) is 89.3 Å². The molecule has 6 aromatic carbocycles. The monoisotopic (exact) mass is 728 g/mol. The summed E-state index contributed by atoms with van der Waals surface area (Å²) in [6.45, 7) is 13.5. The first-order valence-electron chi connectivity index (χ1n) is 20.9. The van der Waals surface area contributed by atoms with E-state index in [9.17, 15) is 0 Å². The summed E-state index contributed by atoms with van der Waals surface area (Å²) in [6, 6.07) is 50.2. The van der Waals surface area contributed by atoms with Gasteiger partial charge >= 0.3 is 0 Å². The highest BCUT2D eigenvalue weighted by Crippen LogP contribution is 2.43. The van der Waals surface area contributed by atoms with Crippen molar-refractivity contribution in [3.8, 4) is 22.3 Å². The fourth-order valence-corrected chi connectivity index (χ4v) is 8.46. The maximum atomic E-state index is 2.36. The Hall–Kier alpha value is -5.40. The first kappa shape index (κ1) is 38.9. The highest BCUT2D eigenvalue weighted by molar-refractivity contribution is 6.96. The zero-order valence-corrected chi connectivity index (χ0v) is 34.4. The zero-order valence-electron chi connectivity index (χ0n) is 34.4. The Labute approximate surface area is 337 Å². The summed E-state index contributed by atoms with van der Waals surface area (Å²) in [5, 5.41) is 2.58. The van der Waals surface area contributed by atoms with Gasteiger partial charge in [0.25, 0.3) is 0 Å². The molecule has 0 aromatic heterocycles. The van der Waals surface area contributed by atoms with E-state index in [2.05, 4.69) is 211 Å². The Kier molecular flexibility index (Phi) is 12.2. The fraction of sp³-hybridized carbons (Fsp3) is 0.236. The first-order valence-corrected chi connectivity index (χ1v) is 20.9. The molecule has 56 heavy (non-hydrogen) atoms. The van der Waals surface area contributed by atoms with Crippen LogP contribution >= 0.6 is 0 Å². The summed E-state index contributed by atoms with van der Waals surface area (Å²) >= 11 is 0. The molecule has 1 fully saturated rings. The van der Waals surface area contributed by atoms with E-state index in [1.54, 1.807) is 0 Å². The molecule has 0 amide bonds. The summed E-state index contributed by atoms with van der Waals surface area (Å²) in [4.78, 5) is 0. The van der Waals surface area contributed by atoms with Crippen molar-refractivity contribution in [3.63, 3.8) is 0 Å². The number of allylic oxidation sites excluding steroid dienone is 8. The molecule has 2 aliphatic carbocycles. The minimum absolute atomic E-state index is 0.0824. The molecule has 1 unspecified atom stereocenters. The number of fused-ring (bicyclic) bond motifs is 1. The lowest BCUT2D eigenvalue weighted by Crippen LogP contribution is -2.52. The summed E-state index contributed by atoms with van der Waals surface area (Å²) < 4.78 is 0. The topological polar surface area (TPSA) is 0 Å². The molecular formula is C55H57B. The van der Waals surface area contributed by atoms with Crippen LogP contribution in [-0.2, 0) is 0 Å². The molecule has 0 radical (unpaired) electrons. The van der Waals surface area contributed by atoms with Gasteiger partial charge in [-0.3, -0.25) is 0 Å². The van der Waals surface area contributed by atoms with Crippen LogP contribution in [0.4, 0.5) is 0 Å². The SMILES string of the molecule is C/C(=C\C=C(/C)C1(C)C=CC=CC1)c1ccc(B(c2ccc(-c3cccc(-c4ccccc4C4CCC4)c3C)cc2)c2cccc3ccccc23)cc1.CCC. The summed E-state index contributed by atoms with van der Waals surface area (Å²) in [5.74, 6) is 0.694. The van der Waals surface area contributed by atoms with Crippen LogP contribution < -0.4 is 16.4 Å². The molecule has 280 valence electrons. The second-order valence-corrected chi connectivity index (χ2v) is 16.3. The molecule has 8 rings (SSSR count). The first-order chi connectivity index (χ1) is 27.3. The third-order valence-corrected chi connectivity index (χ3v) is 12.3. The van der Waals surface area contributed by atoms with Crippen LogP contribution in [0.15, 0.2) is 175 Å². The van der Waals surface area contributed by atoms with Crippen molar-refractivity contribution >= 4 is 39.4 Å². The normalized spacial score (nSPS) is 17.0. The van der Waals surface area contributed by atoms with Crippen molar-refractivity contribution in [2.45, 2.75) is 79.6 Å². The number of benzene rings is 6. The Balaban J connectivity index is 0.00000155. The smallest absolute Gasteiger partial charge is 0.0834 e. The molecule has 0 saturated heterocycles. The fourth-order valence-electron chi connectivity index (χ4n) is 8.46. The van der Waals surface area contributed by atoms with Crippen LogP contribution in [0.5, 0.6) is 0 Å². The quantitative estimate of drug-likeness (QED) is 0.103. The van der Waals surface area contributed by atoms with E-state index < -0.39 is 0 Å². The predicted molar refractivity (Wildman–Crippen MR) is 248 cm³/mol. The standard InChI is InChI=1S/C52H49B.C3H8/c1-37(25-26-38(2)52(4)35-10-5-11-36-52)40-27-31-44(32-28-40)53(51-24-13-18-42-15-6-7-20-49(42)51)45-33-29-43(30-34-45)46-22-14-23-47(39(46)3)50-21-9-8-19-48(50)41-16-12-17-41;1-3-2/h5-11,13-15,18-35,41H,12,16-17,36H2,1-4H3;3H2,1-2H3/b37-25+,38-26+;. The Bertz CT molecular complexity index is 2390. The van der Waals surface area contributed by atoms with Crippen molar-refractivity contribution in [2.24, 2.45) is 5.41 Å². The molecule has 0 N–H and O–H groups in total. The van der Waals surface area contributed by atoms with Crippen LogP contribution in [0, 0.1) is 12.3 Å². The number of rotatable bonds is 9. The van der Waals surface area contributed by atoms with E-state index in [1.807, 2.05) is 0 Å². The largest absolute Gasteiger partial charge is 0.241 e.